The van der Waals surface area contributed by atoms with Crippen molar-refractivity contribution in [2.45, 2.75) is 32.7 Å². The number of nitrogens with one attached hydrogen (secondary N) is 1. The summed E-state index contributed by atoms with van der Waals surface area (Å²) < 4.78 is 40.1. The van der Waals surface area contributed by atoms with Gasteiger partial charge in [-0.15, -0.1) is 37.1 Å². The van der Waals surface area contributed by atoms with Gasteiger partial charge in [0.2, 0.25) is 0 Å². The van der Waals surface area contributed by atoms with Crippen molar-refractivity contribution in [3.63, 3.8) is 0 Å². The summed E-state index contributed by atoms with van der Waals surface area (Å²) >= 11 is 0. The molecule has 0 bridgehead atoms. The molecule has 1 aromatic carbocycles. The van der Waals surface area contributed by atoms with E-state index in [0.29, 0.717) is 18.4 Å². The van der Waals surface area contributed by atoms with Crippen LogP contribution < -0.4 is 15.8 Å². The van der Waals surface area contributed by atoms with Crippen LogP contribution in [0.1, 0.15) is 25.3 Å². The molecule has 0 saturated carbocycles. The van der Waals surface area contributed by atoms with E-state index < -0.39 is 6.36 Å². The van der Waals surface area contributed by atoms with Gasteiger partial charge in [-0.2, -0.15) is 0 Å². The van der Waals surface area contributed by atoms with Crippen LogP contribution >= 0.6 is 24.0 Å². The van der Waals surface area contributed by atoms with E-state index in [1.165, 1.54) is 24.3 Å². The summed E-state index contributed by atoms with van der Waals surface area (Å²) in [6.45, 7) is 6.61. The lowest BCUT2D eigenvalue weighted by atomic mass is 10.1. The standard InChI is InChI=1S/C17H25F3N4O.HI/c1-2-8-24-9-7-14(12-24)11-23-16(21)22-10-13-3-5-15(6-4-13)25-17(18,19)20;/h3-6,14H,2,7-12H2,1H3,(H3,21,22,23);1H. The van der Waals surface area contributed by atoms with Crippen molar-refractivity contribution in [2.75, 3.05) is 26.2 Å². The molecule has 148 valence electrons. The fourth-order valence-corrected chi connectivity index (χ4v) is 2.88. The first-order valence-electron chi connectivity index (χ1n) is 8.46. The quantitative estimate of drug-likeness (QED) is 0.353. The number of aliphatic imine (C=N–C) groups is 1. The zero-order valence-electron chi connectivity index (χ0n) is 14.8. The van der Waals surface area contributed by atoms with Crippen LogP contribution in [0.25, 0.3) is 0 Å². The van der Waals surface area contributed by atoms with E-state index in [1.807, 2.05) is 0 Å². The van der Waals surface area contributed by atoms with Crippen molar-refractivity contribution < 1.29 is 17.9 Å². The van der Waals surface area contributed by atoms with Gasteiger partial charge in [0.05, 0.1) is 6.54 Å². The van der Waals surface area contributed by atoms with Gasteiger partial charge in [-0.1, -0.05) is 19.1 Å². The van der Waals surface area contributed by atoms with E-state index in [4.69, 9.17) is 5.73 Å². The molecule has 1 saturated heterocycles. The monoisotopic (exact) mass is 486 g/mol. The van der Waals surface area contributed by atoms with Gasteiger partial charge in [-0.3, -0.25) is 0 Å². The first-order chi connectivity index (χ1) is 11.9. The molecule has 0 aliphatic carbocycles. The Hall–Kier alpha value is -1.23. The fourth-order valence-electron chi connectivity index (χ4n) is 2.88. The van der Waals surface area contributed by atoms with Gasteiger partial charge in [0.15, 0.2) is 5.96 Å². The van der Waals surface area contributed by atoms with Crippen LogP contribution in [0.4, 0.5) is 13.2 Å². The Morgan fingerprint density at radius 3 is 2.65 bits per heavy atom. The predicted octanol–water partition coefficient (Wildman–Crippen LogP) is 3.34. The first-order valence-corrected chi connectivity index (χ1v) is 8.46. The Kier molecular flexibility index (Phi) is 9.48. The largest absolute Gasteiger partial charge is 0.573 e. The zero-order valence-corrected chi connectivity index (χ0v) is 17.1. The van der Waals surface area contributed by atoms with Crippen molar-refractivity contribution >= 4 is 29.9 Å². The van der Waals surface area contributed by atoms with Crippen molar-refractivity contribution in [1.82, 2.24) is 10.2 Å². The van der Waals surface area contributed by atoms with Gasteiger partial charge in [0, 0.05) is 13.1 Å². The second-order valence-corrected chi connectivity index (χ2v) is 6.23. The van der Waals surface area contributed by atoms with Crippen molar-refractivity contribution in [1.29, 1.82) is 0 Å². The number of nitrogens with two attached hydrogens (primary N) is 1. The zero-order chi connectivity index (χ0) is 18.3. The third kappa shape index (κ3) is 8.43. The van der Waals surface area contributed by atoms with Crippen LogP contribution in [0.15, 0.2) is 29.3 Å². The summed E-state index contributed by atoms with van der Waals surface area (Å²) in [5, 5.41) is 3.13. The molecule has 0 radical (unpaired) electrons. The number of nitrogens with zero attached hydrogens (tertiary/aromatic N) is 2. The minimum atomic E-state index is -4.68. The molecule has 9 heteroatoms. The number of ether oxygens (including phenoxy) is 1. The Balaban J connectivity index is 0.00000338. The second-order valence-electron chi connectivity index (χ2n) is 6.23. The van der Waals surface area contributed by atoms with Crippen LogP contribution in [-0.2, 0) is 6.54 Å². The van der Waals surface area contributed by atoms with Crippen molar-refractivity contribution in [2.24, 2.45) is 16.6 Å². The average molecular weight is 486 g/mol. The van der Waals surface area contributed by atoms with Gasteiger partial charge in [-0.25, -0.2) is 4.99 Å². The van der Waals surface area contributed by atoms with E-state index in [-0.39, 0.29) is 29.7 Å². The second kappa shape index (κ2) is 10.8. The molecule has 1 aliphatic heterocycles. The molecule has 3 N–H and O–H groups in total. The molecule has 1 heterocycles. The van der Waals surface area contributed by atoms with Gasteiger partial charge < -0.3 is 20.7 Å². The fraction of sp³-hybridized carbons (Fsp3) is 0.588. The summed E-state index contributed by atoms with van der Waals surface area (Å²) in [6.07, 6.45) is -2.36. The third-order valence-electron chi connectivity index (χ3n) is 4.07. The van der Waals surface area contributed by atoms with Crippen LogP contribution in [0.3, 0.4) is 0 Å². The smallest absolute Gasteiger partial charge is 0.406 e. The highest BCUT2D eigenvalue weighted by atomic mass is 127. The lowest BCUT2D eigenvalue weighted by molar-refractivity contribution is -0.274. The molecular weight excluding hydrogens is 460 g/mol. The Morgan fingerprint density at radius 2 is 2.04 bits per heavy atom. The molecule has 0 aromatic heterocycles. The predicted molar refractivity (Wildman–Crippen MR) is 107 cm³/mol. The van der Waals surface area contributed by atoms with Gasteiger partial charge in [-0.05, 0) is 49.5 Å². The molecule has 1 aromatic rings. The summed E-state index contributed by atoms with van der Waals surface area (Å²) in [5.41, 5.74) is 6.62. The summed E-state index contributed by atoms with van der Waals surface area (Å²) in [5.74, 6) is 0.674. The van der Waals surface area contributed by atoms with E-state index >= 15 is 0 Å². The SMILES string of the molecule is CCCN1CCC(CNC(N)=NCc2ccc(OC(F)(F)F)cc2)C1.I. The highest BCUT2D eigenvalue weighted by Gasteiger charge is 2.30. The molecule has 26 heavy (non-hydrogen) atoms. The maximum Gasteiger partial charge on any atom is 0.573 e. The number of hydrogen-bond acceptors (Lipinski definition) is 3. The van der Waals surface area contributed by atoms with E-state index in [1.54, 1.807) is 0 Å². The van der Waals surface area contributed by atoms with Crippen LogP contribution in [0.5, 0.6) is 5.75 Å². The summed E-state index contributed by atoms with van der Waals surface area (Å²) in [4.78, 5) is 6.67. The van der Waals surface area contributed by atoms with Crippen molar-refractivity contribution in [3.8, 4) is 5.75 Å². The molecule has 1 atom stereocenters. The number of hydrogen-bond donors (Lipinski definition) is 2. The molecule has 1 unspecified atom stereocenters. The topological polar surface area (TPSA) is 62.9 Å². The lowest BCUT2D eigenvalue weighted by Crippen LogP contribution is -2.36. The Labute approximate surface area is 169 Å². The minimum Gasteiger partial charge on any atom is -0.406 e. The normalized spacial score (nSPS) is 18.5. The molecular formula is C17H26F3IN4O. The molecule has 0 amide bonds. The van der Waals surface area contributed by atoms with Gasteiger partial charge in [0.25, 0.3) is 0 Å². The van der Waals surface area contributed by atoms with E-state index in [0.717, 1.165) is 44.6 Å². The van der Waals surface area contributed by atoms with Crippen LogP contribution in [-0.4, -0.2) is 43.4 Å². The average Bonchev–Trinajstić information content (AvgIpc) is 2.99. The summed E-state index contributed by atoms with van der Waals surface area (Å²) in [7, 11) is 0. The highest BCUT2D eigenvalue weighted by molar-refractivity contribution is 14.0. The number of guanidine groups is 1. The maximum absolute atomic E-state index is 12.1. The Morgan fingerprint density at radius 1 is 1.35 bits per heavy atom. The molecule has 5 nitrogen and oxygen atoms in total. The minimum absolute atomic E-state index is 0. The van der Waals surface area contributed by atoms with Gasteiger partial charge >= 0.3 is 6.36 Å². The van der Waals surface area contributed by atoms with Gasteiger partial charge in [0.1, 0.15) is 5.75 Å². The number of alkyl halides is 3. The molecule has 1 aliphatic rings. The van der Waals surface area contributed by atoms with Crippen LogP contribution in [0, 0.1) is 5.92 Å². The molecule has 0 spiro atoms. The highest BCUT2D eigenvalue weighted by Crippen LogP contribution is 2.22. The molecule has 1 fully saturated rings. The number of halogens is 4. The lowest BCUT2D eigenvalue weighted by Gasteiger charge is -2.15. The summed E-state index contributed by atoms with van der Waals surface area (Å²) in [6, 6.07) is 5.61. The number of likely N-dealkylation sites (tertiary alicyclic amines) is 1. The van der Waals surface area contributed by atoms with Crippen LogP contribution in [0.2, 0.25) is 0 Å². The Bertz CT molecular complexity index is 566. The first kappa shape index (κ1) is 22.8. The van der Waals surface area contributed by atoms with E-state index in [9.17, 15) is 13.2 Å². The van der Waals surface area contributed by atoms with Crippen molar-refractivity contribution in [3.05, 3.63) is 29.8 Å². The number of rotatable bonds is 7. The molecule has 2 rings (SSSR count). The maximum atomic E-state index is 12.1. The van der Waals surface area contributed by atoms with E-state index in [2.05, 4.69) is 26.9 Å². The third-order valence-corrected chi connectivity index (χ3v) is 4.07. The number of benzene rings is 1.